The molecule has 5 amide bonds. The van der Waals surface area contributed by atoms with Gasteiger partial charge < -0.3 is 20.8 Å². The normalized spacial score (nSPS) is 25.9. The van der Waals surface area contributed by atoms with Crippen LogP contribution in [0.15, 0.2) is 0 Å². The average Bonchev–Trinajstić information content (AvgIpc) is 3.41. The number of thioether (sulfide) groups is 1. The molecule has 15 heteroatoms. The summed E-state index contributed by atoms with van der Waals surface area (Å²) < 4.78 is 31.1. The molecule has 0 aliphatic carbocycles. The zero-order valence-electron chi connectivity index (χ0n) is 19.1. The minimum Gasteiger partial charge on any atom is -0.356 e. The van der Waals surface area contributed by atoms with Crippen molar-refractivity contribution in [3.63, 3.8) is 0 Å². The van der Waals surface area contributed by atoms with Gasteiger partial charge in [-0.05, 0) is 25.7 Å². The Hall–Kier alpha value is -2.39. The maximum absolute atomic E-state index is 12.0. The Morgan fingerprint density at radius 2 is 1.83 bits per heavy atom. The van der Waals surface area contributed by atoms with Crippen molar-refractivity contribution >= 4 is 51.6 Å². The van der Waals surface area contributed by atoms with Gasteiger partial charge in [0.1, 0.15) is 0 Å². The first-order valence-corrected chi connectivity index (χ1v) is 14.1. The van der Waals surface area contributed by atoms with Gasteiger partial charge in [-0.15, -0.1) is 5.06 Å². The van der Waals surface area contributed by atoms with Gasteiger partial charge in [-0.1, -0.05) is 12.8 Å². The number of hydroxylamine groups is 2. The molecule has 35 heavy (non-hydrogen) atoms. The van der Waals surface area contributed by atoms with Crippen LogP contribution in [0.4, 0.5) is 4.79 Å². The van der Waals surface area contributed by atoms with Gasteiger partial charge in [-0.3, -0.25) is 18.9 Å². The van der Waals surface area contributed by atoms with Crippen LogP contribution in [-0.2, 0) is 34.1 Å². The van der Waals surface area contributed by atoms with Crippen molar-refractivity contribution < 1.29 is 41.8 Å². The molecule has 0 saturated carbocycles. The summed E-state index contributed by atoms with van der Waals surface area (Å²) in [6.07, 6.45) is 3.76. The van der Waals surface area contributed by atoms with Crippen LogP contribution in [0.1, 0.15) is 57.8 Å². The molecule has 3 heterocycles. The number of nitrogens with one attached hydrogen (secondary N) is 3. The molecule has 4 atom stereocenters. The lowest BCUT2D eigenvalue weighted by molar-refractivity contribution is -0.197. The van der Waals surface area contributed by atoms with Gasteiger partial charge in [0.25, 0.3) is 21.9 Å². The third-order valence-corrected chi connectivity index (χ3v) is 8.67. The summed E-state index contributed by atoms with van der Waals surface area (Å²) in [4.78, 5) is 63.3. The quantitative estimate of drug-likeness (QED) is 0.107. The van der Waals surface area contributed by atoms with Crippen molar-refractivity contribution in [2.75, 3.05) is 12.3 Å². The molecule has 3 aliphatic heterocycles. The molecule has 3 rings (SSSR count). The number of amides is 5. The monoisotopic (exact) mass is 534 g/mol. The molecule has 0 radical (unpaired) electrons. The van der Waals surface area contributed by atoms with Crippen molar-refractivity contribution in [1.82, 2.24) is 21.0 Å². The van der Waals surface area contributed by atoms with E-state index in [0.717, 1.165) is 25.0 Å². The third-order valence-electron chi connectivity index (χ3n) is 6.08. The van der Waals surface area contributed by atoms with Crippen LogP contribution in [-0.4, -0.2) is 82.6 Å². The zero-order chi connectivity index (χ0) is 25.6. The Kier molecular flexibility index (Phi) is 9.35. The van der Waals surface area contributed by atoms with Crippen LogP contribution < -0.4 is 16.0 Å². The second-order valence-electron chi connectivity index (χ2n) is 8.73. The number of rotatable bonds is 13. The summed E-state index contributed by atoms with van der Waals surface area (Å²) in [6, 6.07) is 0.265. The van der Waals surface area contributed by atoms with Crippen molar-refractivity contribution in [2.45, 2.75) is 80.4 Å². The number of imide groups is 1. The summed E-state index contributed by atoms with van der Waals surface area (Å²) in [5.41, 5.74) is 0. The Bertz CT molecular complexity index is 958. The zero-order valence-corrected chi connectivity index (χ0v) is 20.7. The molecule has 3 saturated heterocycles. The minimum absolute atomic E-state index is 0.0448. The Morgan fingerprint density at radius 1 is 1.09 bits per heavy atom. The highest BCUT2D eigenvalue weighted by atomic mass is 32.2. The Balaban J connectivity index is 1.19. The van der Waals surface area contributed by atoms with Crippen LogP contribution in [0.5, 0.6) is 0 Å². The van der Waals surface area contributed by atoms with Gasteiger partial charge in [0.05, 0.1) is 18.5 Å². The molecule has 13 nitrogen and oxygen atoms in total. The van der Waals surface area contributed by atoms with Gasteiger partial charge in [0.15, 0.2) is 5.25 Å². The summed E-state index contributed by atoms with van der Waals surface area (Å²) in [7, 11) is -4.76. The van der Waals surface area contributed by atoms with E-state index >= 15 is 0 Å². The first-order chi connectivity index (χ1) is 16.6. The third kappa shape index (κ3) is 7.54. The topological polar surface area (TPSA) is 188 Å². The van der Waals surface area contributed by atoms with Crippen LogP contribution in [0.3, 0.4) is 0 Å². The number of nitrogens with zero attached hydrogens (tertiary/aromatic N) is 1. The van der Waals surface area contributed by atoms with Crippen LogP contribution in [0, 0.1) is 0 Å². The van der Waals surface area contributed by atoms with E-state index in [9.17, 15) is 32.4 Å². The van der Waals surface area contributed by atoms with E-state index in [-0.39, 0.29) is 35.5 Å². The van der Waals surface area contributed by atoms with Gasteiger partial charge in [-0.2, -0.15) is 20.2 Å². The predicted octanol–water partition coefficient (Wildman–Crippen LogP) is -0.138. The van der Waals surface area contributed by atoms with E-state index in [1.54, 1.807) is 0 Å². The number of fused-ring (bicyclic) bond motifs is 1. The summed E-state index contributed by atoms with van der Waals surface area (Å²) in [5, 5.41) is 7.20. The predicted molar refractivity (Wildman–Crippen MR) is 123 cm³/mol. The molecule has 196 valence electrons. The molecular formula is C20H30N4O9S2. The molecule has 0 aromatic carbocycles. The van der Waals surface area contributed by atoms with Crippen LogP contribution in [0.2, 0.25) is 0 Å². The first kappa shape index (κ1) is 27.2. The van der Waals surface area contributed by atoms with Gasteiger partial charge in [0.2, 0.25) is 5.91 Å². The second-order valence-corrected chi connectivity index (χ2v) is 11.6. The Labute approximate surface area is 207 Å². The molecule has 0 unspecified atom stereocenters. The molecule has 0 aromatic rings. The first-order valence-electron chi connectivity index (χ1n) is 11.6. The van der Waals surface area contributed by atoms with Gasteiger partial charge in [-0.25, -0.2) is 9.59 Å². The Morgan fingerprint density at radius 3 is 2.54 bits per heavy atom. The molecule has 3 aliphatic rings. The lowest BCUT2D eigenvalue weighted by Gasteiger charge is -2.16. The van der Waals surface area contributed by atoms with E-state index in [0.29, 0.717) is 37.5 Å². The lowest BCUT2D eigenvalue weighted by Crippen LogP contribution is -2.36. The molecule has 3 fully saturated rings. The fraction of sp³-hybridized carbons (Fsp3) is 0.750. The fourth-order valence-corrected chi connectivity index (χ4v) is 6.47. The molecule has 0 aromatic heterocycles. The summed E-state index contributed by atoms with van der Waals surface area (Å²) in [5.74, 6) is -2.30. The standard InChI is InChI=1S/C20H30N4O9S2/c25-15(7-4-3-6-13-18-12(11-34-13)22-20(29)23-18)21-9-5-1-2-8-17(27)33-24-16(26)10-14(19(24)28)35(30,31)32/h12-14,18H,1-11H2,(H,21,25)(H2,22,23,29)(H,30,31,32)/t12-,13-,14+,18+/m1/s1. The largest absolute Gasteiger partial charge is 0.356 e. The van der Waals surface area contributed by atoms with Gasteiger partial charge in [0, 0.05) is 30.4 Å². The highest BCUT2D eigenvalue weighted by molar-refractivity contribution is 8.00. The second kappa shape index (κ2) is 12.0. The SMILES string of the molecule is O=C(CCCC[C@H]1SC[C@H]2NC(=O)N[C@@H]21)NCCCCCC(=O)ON1C(=O)C[C@H](S(=O)(=O)O)C1=O. The number of unbranched alkanes of at least 4 members (excludes halogenated alkanes) is 3. The maximum Gasteiger partial charge on any atom is 0.333 e. The van der Waals surface area contributed by atoms with Crippen molar-refractivity contribution in [1.29, 1.82) is 0 Å². The molecule has 4 N–H and O–H groups in total. The number of hydrogen-bond acceptors (Lipinski definition) is 9. The smallest absolute Gasteiger partial charge is 0.333 e. The van der Waals surface area contributed by atoms with Gasteiger partial charge >= 0.3 is 12.0 Å². The van der Waals surface area contributed by atoms with E-state index < -0.39 is 39.6 Å². The van der Waals surface area contributed by atoms with E-state index in [2.05, 4.69) is 20.8 Å². The summed E-state index contributed by atoms with van der Waals surface area (Å²) in [6.45, 7) is 0.451. The highest BCUT2D eigenvalue weighted by Crippen LogP contribution is 2.33. The number of carbonyl (C=O) groups excluding carboxylic acids is 5. The average molecular weight is 535 g/mol. The maximum atomic E-state index is 12.0. The summed E-state index contributed by atoms with van der Waals surface area (Å²) >= 11 is 1.85. The van der Waals surface area contributed by atoms with E-state index in [1.165, 1.54) is 0 Å². The number of hydrogen-bond donors (Lipinski definition) is 4. The molecule has 0 bridgehead atoms. The highest BCUT2D eigenvalue weighted by Gasteiger charge is 2.48. The number of carbonyl (C=O) groups is 5. The van der Waals surface area contributed by atoms with Crippen molar-refractivity contribution in [2.24, 2.45) is 0 Å². The minimum atomic E-state index is -4.76. The van der Waals surface area contributed by atoms with E-state index in [4.69, 9.17) is 4.55 Å². The lowest BCUT2D eigenvalue weighted by atomic mass is 10.0. The van der Waals surface area contributed by atoms with Crippen LogP contribution in [0.25, 0.3) is 0 Å². The van der Waals surface area contributed by atoms with Crippen molar-refractivity contribution in [3.8, 4) is 0 Å². The number of urea groups is 1. The molecule has 0 spiro atoms. The van der Waals surface area contributed by atoms with Crippen LogP contribution >= 0.6 is 11.8 Å². The molecular weight excluding hydrogens is 504 g/mol. The fourth-order valence-electron chi connectivity index (χ4n) is 4.22. The van der Waals surface area contributed by atoms with Crippen molar-refractivity contribution in [3.05, 3.63) is 0 Å². The van der Waals surface area contributed by atoms with E-state index in [1.807, 2.05) is 11.8 Å².